The predicted octanol–water partition coefficient (Wildman–Crippen LogP) is 1.73. The van der Waals surface area contributed by atoms with Crippen molar-refractivity contribution >= 4 is 11.9 Å². The number of amides is 1. The lowest BCUT2D eigenvalue weighted by Crippen LogP contribution is -2.58. The van der Waals surface area contributed by atoms with Gasteiger partial charge in [-0.1, -0.05) is 30.3 Å². The number of hydrogen-bond donors (Lipinski definition) is 3. The molecule has 0 fully saturated rings. The van der Waals surface area contributed by atoms with E-state index in [0.29, 0.717) is 0 Å². The molecule has 5 heteroatoms. The summed E-state index contributed by atoms with van der Waals surface area (Å²) in [6.07, 6.45) is 0. The van der Waals surface area contributed by atoms with Crippen molar-refractivity contribution in [2.45, 2.75) is 39.2 Å². The number of rotatable bonds is 6. The summed E-state index contributed by atoms with van der Waals surface area (Å²) in [5.74, 6) is -1.71. The van der Waals surface area contributed by atoms with Crippen LogP contribution in [0.5, 0.6) is 0 Å². The van der Waals surface area contributed by atoms with E-state index < -0.39 is 22.8 Å². The molecule has 1 atom stereocenters. The van der Waals surface area contributed by atoms with Gasteiger partial charge in [-0.05, 0) is 33.3 Å². The van der Waals surface area contributed by atoms with Crippen LogP contribution in [0.3, 0.4) is 0 Å². The van der Waals surface area contributed by atoms with Gasteiger partial charge in [-0.15, -0.1) is 0 Å². The molecule has 1 aromatic rings. The van der Waals surface area contributed by atoms with Gasteiger partial charge in [0.2, 0.25) is 5.91 Å². The van der Waals surface area contributed by atoms with Crippen LogP contribution in [0, 0.1) is 5.41 Å². The number of carboxylic acids is 1. The Kier molecular flexibility index (Phi) is 5.12. The van der Waals surface area contributed by atoms with Crippen LogP contribution in [0.2, 0.25) is 0 Å². The molecule has 21 heavy (non-hydrogen) atoms. The van der Waals surface area contributed by atoms with Crippen molar-refractivity contribution in [3.8, 4) is 0 Å². The van der Waals surface area contributed by atoms with Crippen LogP contribution in [0.25, 0.3) is 0 Å². The number of carbonyl (C=O) groups is 2. The van der Waals surface area contributed by atoms with Gasteiger partial charge in [0.25, 0.3) is 0 Å². The molecule has 0 radical (unpaired) electrons. The lowest BCUT2D eigenvalue weighted by Gasteiger charge is -2.39. The third-order valence-electron chi connectivity index (χ3n) is 4.29. The molecule has 0 aliphatic rings. The van der Waals surface area contributed by atoms with Gasteiger partial charge in [0, 0.05) is 12.1 Å². The number of nitrogens with two attached hydrogens (primary N) is 1. The largest absolute Gasteiger partial charge is 0.481 e. The summed E-state index contributed by atoms with van der Waals surface area (Å²) < 4.78 is 0. The molecule has 1 unspecified atom stereocenters. The van der Waals surface area contributed by atoms with Gasteiger partial charge in [0.1, 0.15) is 0 Å². The molecule has 4 N–H and O–H groups in total. The van der Waals surface area contributed by atoms with Gasteiger partial charge < -0.3 is 16.2 Å². The second-order valence-corrected chi connectivity index (χ2v) is 6.24. The SMILES string of the molecule is CC(C)(NC(=O)C(CN)c1ccccc1)C(C)(C)C(=O)O. The topological polar surface area (TPSA) is 92.4 Å². The zero-order chi connectivity index (χ0) is 16.3. The van der Waals surface area contributed by atoms with E-state index in [4.69, 9.17) is 5.73 Å². The fourth-order valence-electron chi connectivity index (χ4n) is 1.90. The Morgan fingerprint density at radius 1 is 1.19 bits per heavy atom. The first-order chi connectivity index (χ1) is 9.63. The highest BCUT2D eigenvalue weighted by atomic mass is 16.4. The van der Waals surface area contributed by atoms with Crippen molar-refractivity contribution in [2.24, 2.45) is 11.1 Å². The molecule has 116 valence electrons. The van der Waals surface area contributed by atoms with Crippen molar-refractivity contribution < 1.29 is 14.7 Å². The molecule has 0 heterocycles. The smallest absolute Gasteiger partial charge is 0.311 e. The van der Waals surface area contributed by atoms with Gasteiger partial charge in [0.05, 0.1) is 11.3 Å². The number of carbonyl (C=O) groups excluding carboxylic acids is 1. The lowest BCUT2D eigenvalue weighted by molar-refractivity contribution is -0.151. The molecular weight excluding hydrogens is 268 g/mol. The first-order valence-corrected chi connectivity index (χ1v) is 6.94. The lowest BCUT2D eigenvalue weighted by atomic mass is 9.74. The maximum atomic E-state index is 12.5. The Labute approximate surface area is 125 Å². The van der Waals surface area contributed by atoms with Crippen molar-refractivity contribution in [1.29, 1.82) is 0 Å². The molecule has 0 saturated heterocycles. The summed E-state index contributed by atoms with van der Waals surface area (Å²) in [6, 6.07) is 9.24. The van der Waals surface area contributed by atoms with E-state index in [0.717, 1.165) is 5.56 Å². The molecule has 0 bridgehead atoms. The van der Waals surface area contributed by atoms with E-state index in [1.54, 1.807) is 27.7 Å². The highest BCUT2D eigenvalue weighted by Gasteiger charge is 2.45. The average Bonchev–Trinajstić information content (AvgIpc) is 2.39. The molecular formula is C16H24N2O3. The first-order valence-electron chi connectivity index (χ1n) is 6.94. The average molecular weight is 292 g/mol. The van der Waals surface area contributed by atoms with Gasteiger partial charge in [-0.25, -0.2) is 0 Å². The third kappa shape index (κ3) is 3.61. The Morgan fingerprint density at radius 2 is 1.71 bits per heavy atom. The van der Waals surface area contributed by atoms with E-state index in [9.17, 15) is 14.7 Å². The first kappa shape index (κ1) is 17.2. The number of hydrogen-bond acceptors (Lipinski definition) is 3. The molecule has 0 saturated carbocycles. The van der Waals surface area contributed by atoms with Crippen LogP contribution in [0.4, 0.5) is 0 Å². The van der Waals surface area contributed by atoms with Gasteiger partial charge in [-0.3, -0.25) is 9.59 Å². The summed E-state index contributed by atoms with van der Waals surface area (Å²) in [4.78, 5) is 23.9. The normalized spacial score (nSPS) is 13.6. The Bertz CT molecular complexity index is 510. The Morgan fingerprint density at radius 3 is 2.14 bits per heavy atom. The zero-order valence-corrected chi connectivity index (χ0v) is 13.0. The van der Waals surface area contributed by atoms with E-state index >= 15 is 0 Å². The van der Waals surface area contributed by atoms with Crippen LogP contribution in [0.1, 0.15) is 39.2 Å². The summed E-state index contributed by atoms with van der Waals surface area (Å²) >= 11 is 0. The maximum Gasteiger partial charge on any atom is 0.311 e. The van der Waals surface area contributed by atoms with E-state index in [1.165, 1.54) is 0 Å². The van der Waals surface area contributed by atoms with Crippen molar-refractivity contribution in [3.05, 3.63) is 35.9 Å². The summed E-state index contributed by atoms with van der Waals surface area (Å²) in [5, 5.41) is 12.2. The van der Waals surface area contributed by atoms with Gasteiger partial charge >= 0.3 is 5.97 Å². The van der Waals surface area contributed by atoms with Crippen molar-refractivity contribution in [1.82, 2.24) is 5.32 Å². The fourth-order valence-corrected chi connectivity index (χ4v) is 1.90. The summed E-state index contributed by atoms with van der Waals surface area (Å²) in [7, 11) is 0. The minimum atomic E-state index is -1.10. The number of aliphatic carboxylic acids is 1. The highest BCUT2D eigenvalue weighted by molar-refractivity contribution is 5.86. The number of carboxylic acid groups (broad SMARTS) is 1. The molecule has 1 amide bonds. The molecule has 1 rings (SSSR count). The Hall–Kier alpha value is -1.88. The number of nitrogens with one attached hydrogen (secondary N) is 1. The number of benzene rings is 1. The summed E-state index contributed by atoms with van der Waals surface area (Å²) in [5.41, 5.74) is 4.53. The van der Waals surface area contributed by atoms with E-state index in [1.807, 2.05) is 30.3 Å². The molecule has 0 aliphatic carbocycles. The van der Waals surface area contributed by atoms with Crippen molar-refractivity contribution in [3.63, 3.8) is 0 Å². The summed E-state index contributed by atoms with van der Waals surface area (Å²) in [6.45, 7) is 6.76. The predicted molar refractivity (Wildman–Crippen MR) is 81.9 cm³/mol. The van der Waals surface area contributed by atoms with Crippen LogP contribution >= 0.6 is 0 Å². The van der Waals surface area contributed by atoms with Crippen molar-refractivity contribution in [2.75, 3.05) is 6.54 Å². The van der Waals surface area contributed by atoms with Crippen LogP contribution < -0.4 is 11.1 Å². The fraction of sp³-hybridized carbons (Fsp3) is 0.500. The van der Waals surface area contributed by atoms with Gasteiger partial charge in [0.15, 0.2) is 0 Å². The molecule has 0 aromatic heterocycles. The molecule has 0 spiro atoms. The standard InChI is InChI=1S/C16H24N2O3/c1-15(2,14(20)21)16(3,4)18-13(19)12(10-17)11-8-6-5-7-9-11/h5-9,12H,10,17H2,1-4H3,(H,18,19)(H,20,21). The maximum absolute atomic E-state index is 12.5. The van der Waals surface area contributed by atoms with Crippen LogP contribution in [-0.4, -0.2) is 29.1 Å². The second-order valence-electron chi connectivity index (χ2n) is 6.24. The third-order valence-corrected chi connectivity index (χ3v) is 4.29. The molecule has 5 nitrogen and oxygen atoms in total. The monoisotopic (exact) mass is 292 g/mol. The van der Waals surface area contributed by atoms with Crippen LogP contribution in [-0.2, 0) is 9.59 Å². The van der Waals surface area contributed by atoms with Gasteiger partial charge in [-0.2, -0.15) is 0 Å². The highest BCUT2D eigenvalue weighted by Crippen LogP contribution is 2.31. The van der Waals surface area contributed by atoms with E-state index in [2.05, 4.69) is 5.32 Å². The molecule has 1 aromatic carbocycles. The minimum Gasteiger partial charge on any atom is -0.481 e. The second kappa shape index (κ2) is 6.26. The van der Waals surface area contributed by atoms with E-state index in [-0.39, 0.29) is 12.5 Å². The zero-order valence-electron chi connectivity index (χ0n) is 13.0. The molecule has 0 aliphatic heterocycles. The Balaban J connectivity index is 2.96. The van der Waals surface area contributed by atoms with Crippen LogP contribution in [0.15, 0.2) is 30.3 Å². The minimum absolute atomic E-state index is 0.166. The quantitative estimate of drug-likeness (QED) is 0.744.